The van der Waals surface area contributed by atoms with Gasteiger partial charge in [0.15, 0.2) is 0 Å². The lowest BCUT2D eigenvalue weighted by atomic mass is 9.95. The number of anilines is 1. The van der Waals surface area contributed by atoms with Gasteiger partial charge < -0.3 is 15.2 Å². The normalized spacial score (nSPS) is 21.2. The van der Waals surface area contributed by atoms with E-state index >= 15 is 0 Å². The summed E-state index contributed by atoms with van der Waals surface area (Å²) in [6.07, 6.45) is 4.03. The minimum atomic E-state index is -0.557. The van der Waals surface area contributed by atoms with Crippen molar-refractivity contribution in [2.24, 2.45) is 0 Å². The highest BCUT2D eigenvalue weighted by Gasteiger charge is 2.42. The predicted octanol–water partition coefficient (Wildman–Crippen LogP) is 3.77. The number of rotatable bonds is 1. The number of aromatic nitrogens is 1. The molecule has 0 radical (unpaired) electrons. The van der Waals surface area contributed by atoms with Gasteiger partial charge in [-0.15, -0.1) is 0 Å². The highest BCUT2D eigenvalue weighted by atomic mass is 35.5. The van der Waals surface area contributed by atoms with Crippen LogP contribution in [0.1, 0.15) is 35.6 Å². The third kappa shape index (κ3) is 2.70. The molecular formula is C18H17ClFN3O2. The standard InChI is InChI=1S/C18H17ClFN3O2/c1-9-4-15(14(20)7-13(9)19)22-18(25)23-11-2-3-16(23)12-8-21-17(24)6-10(12)5-11/h4,6-8,11,16H,2-3,5H2,1H3,(H,21,24)(H,22,25). The second-order valence-corrected chi connectivity index (χ2v) is 7.05. The molecule has 130 valence electrons. The lowest BCUT2D eigenvalue weighted by molar-refractivity contribution is 0.179. The molecule has 0 aliphatic carbocycles. The first-order valence-electron chi connectivity index (χ1n) is 8.20. The molecule has 2 amide bonds. The van der Waals surface area contributed by atoms with E-state index in [-0.39, 0.29) is 29.4 Å². The SMILES string of the molecule is Cc1cc(NC(=O)N2C3CCC2c2c[nH]c(=O)cc2C3)c(F)cc1Cl. The van der Waals surface area contributed by atoms with Gasteiger partial charge in [0.25, 0.3) is 0 Å². The summed E-state index contributed by atoms with van der Waals surface area (Å²) in [5, 5.41) is 3.00. The average molecular weight is 362 g/mol. The van der Waals surface area contributed by atoms with Crippen molar-refractivity contribution in [1.29, 1.82) is 0 Å². The Labute approximate surface area is 148 Å². The summed E-state index contributed by atoms with van der Waals surface area (Å²) in [7, 11) is 0. The number of aryl methyl sites for hydroxylation is 1. The van der Waals surface area contributed by atoms with Crippen LogP contribution in [0.25, 0.3) is 0 Å². The Morgan fingerprint density at radius 1 is 1.36 bits per heavy atom. The van der Waals surface area contributed by atoms with E-state index in [2.05, 4.69) is 10.3 Å². The maximum Gasteiger partial charge on any atom is 0.322 e. The van der Waals surface area contributed by atoms with Crippen LogP contribution in [0, 0.1) is 12.7 Å². The Balaban J connectivity index is 1.63. The van der Waals surface area contributed by atoms with Gasteiger partial charge in [0, 0.05) is 23.3 Å². The summed E-state index contributed by atoms with van der Waals surface area (Å²) in [5.41, 5.74) is 2.65. The molecule has 1 aromatic carbocycles. The Bertz CT molecular complexity index is 927. The molecule has 7 heteroatoms. The van der Waals surface area contributed by atoms with E-state index in [1.807, 2.05) is 0 Å². The van der Waals surface area contributed by atoms with Crippen molar-refractivity contribution in [3.8, 4) is 0 Å². The number of carbonyl (C=O) groups is 1. The van der Waals surface area contributed by atoms with Gasteiger partial charge in [-0.3, -0.25) is 4.79 Å². The molecule has 0 saturated carbocycles. The van der Waals surface area contributed by atoms with Gasteiger partial charge in [-0.05, 0) is 55.0 Å². The van der Waals surface area contributed by atoms with Crippen molar-refractivity contribution in [2.75, 3.05) is 5.32 Å². The summed E-state index contributed by atoms with van der Waals surface area (Å²) in [6.45, 7) is 1.76. The number of aromatic amines is 1. The fraction of sp³-hybridized carbons (Fsp3) is 0.333. The monoisotopic (exact) mass is 361 g/mol. The number of fused-ring (bicyclic) bond motifs is 4. The summed E-state index contributed by atoms with van der Waals surface area (Å²) >= 11 is 5.90. The molecule has 2 atom stereocenters. The van der Waals surface area contributed by atoms with Gasteiger partial charge >= 0.3 is 6.03 Å². The van der Waals surface area contributed by atoms with Crippen molar-refractivity contribution in [3.05, 3.63) is 62.3 Å². The number of pyridine rings is 1. The Hall–Kier alpha value is -2.34. The number of carbonyl (C=O) groups excluding carboxylic acids is 1. The zero-order valence-electron chi connectivity index (χ0n) is 13.6. The summed E-state index contributed by atoms with van der Waals surface area (Å²) in [4.78, 5) is 28.8. The number of urea groups is 1. The molecule has 0 spiro atoms. The number of halogens is 2. The van der Waals surface area contributed by atoms with Crippen LogP contribution in [0.4, 0.5) is 14.9 Å². The highest BCUT2D eigenvalue weighted by Crippen LogP contribution is 2.43. The van der Waals surface area contributed by atoms with Gasteiger partial charge in [-0.25, -0.2) is 9.18 Å². The van der Waals surface area contributed by atoms with Crippen LogP contribution in [-0.4, -0.2) is 22.0 Å². The molecule has 25 heavy (non-hydrogen) atoms. The first-order chi connectivity index (χ1) is 11.9. The maximum absolute atomic E-state index is 14.1. The van der Waals surface area contributed by atoms with Crippen molar-refractivity contribution in [2.45, 2.75) is 38.3 Å². The highest BCUT2D eigenvalue weighted by molar-refractivity contribution is 6.31. The topological polar surface area (TPSA) is 65.2 Å². The number of amides is 2. The van der Waals surface area contributed by atoms with E-state index in [4.69, 9.17) is 11.6 Å². The summed E-state index contributed by atoms with van der Waals surface area (Å²) < 4.78 is 14.1. The van der Waals surface area contributed by atoms with E-state index in [1.54, 1.807) is 24.1 Å². The minimum Gasteiger partial charge on any atom is -0.329 e. The van der Waals surface area contributed by atoms with E-state index in [0.717, 1.165) is 24.0 Å². The van der Waals surface area contributed by atoms with Crippen molar-refractivity contribution in [3.63, 3.8) is 0 Å². The van der Waals surface area contributed by atoms with Gasteiger partial charge in [0.1, 0.15) is 5.82 Å². The van der Waals surface area contributed by atoms with E-state index in [9.17, 15) is 14.0 Å². The molecule has 2 aliphatic heterocycles. The Kier molecular flexibility index (Phi) is 3.80. The lowest BCUT2D eigenvalue weighted by Gasteiger charge is -2.36. The molecule has 2 unspecified atom stereocenters. The third-order valence-electron chi connectivity index (χ3n) is 5.09. The van der Waals surface area contributed by atoms with Gasteiger partial charge in [0.05, 0.1) is 11.7 Å². The average Bonchev–Trinajstić information content (AvgIpc) is 2.88. The largest absolute Gasteiger partial charge is 0.329 e. The molecule has 2 aliphatic rings. The molecular weight excluding hydrogens is 345 g/mol. The van der Waals surface area contributed by atoms with E-state index < -0.39 is 5.82 Å². The van der Waals surface area contributed by atoms with E-state index in [1.165, 1.54) is 12.1 Å². The number of hydrogen-bond donors (Lipinski definition) is 2. The number of nitrogens with one attached hydrogen (secondary N) is 2. The van der Waals surface area contributed by atoms with Crippen LogP contribution in [0.5, 0.6) is 0 Å². The zero-order chi connectivity index (χ0) is 17.7. The van der Waals surface area contributed by atoms with Crippen molar-refractivity contribution in [1.82, 2.24) is 9.88 Å². The van der Waals surface area contributed by atoms with Crippen LogP contribution in [-0.2, 0) is 6.42 Å². The number of H-pyrrole nitrogens is 1. The van der Waals surface area contributed by atoms with Crippen LogP contribution in [0.3, 0.4) is 0 Å². The molecule has 5 nitrogen and oxygen atoms in total. The molecule has 2 bridgehead atoms. The van der Waals surface area contributed by atoms with Crippen LogP contribution in [0.2, 0.25) is 5.02 Å². The molecule has 1 fully saturated rings. The van der Waals surface area contributed by atoms with Crippen molar-refractivity contribution >= 4 is 23.3 Å². The molecule has 1 aromatic heterocycles. The minimum absolute atomic E-state index is 0.0239. The number of hydrogen-bond acceptors (Lipinski definition) is 2. The maximum atomic E-state index is 14.1. The van der Waals surface area contributed by atoms with Gasteiger partial charge in [-0.1, -0.05) is 11.6 Å². The number of nitrogens with zero attached hydrogens (tertiary/aromatic N) is 1. The fourth-order valence-corrected chi connectivity index (χ4v) is 4.04. The first kappa shape index (κ1) is 16.1. The Morgan fingerprint density at radius 3 is 2.96 bits per heavy atom. The summed E-state index contributed by atoms with van der Waals surface area (Å²) in [5.74, 6) is -0.557. The molecule has 2 N–H and O–H groups in total. The predicted molar refractivity (Wildman–Crippen MR) is 93.5 cm³/mol. The van der Waals surface area contributed by atoms with Crippen LogP contribution in [0.15, 0.2) is 29.2 Å². The van der Waals surface area contributed by atoms with E-state index in [0.29, 0.717) is 17.0 Å². The smallest absolute Gasteiger partial charge is 0.322 e. The first-order valence-corrected chi connectivity index (χ1v) is 8.58. The van der Waals surface area contributed by atoms with Gasteiger partial charge in [0.2, 0.25) is 5.56 Å². The van der Waals surface area contributed by atoms with Crippen LogP contribution >= 0.6 is 11.6 Å². The lowest BCUT2D eigenvalue weighted by Crippen LogP contribution is -2.44. The molecule has 4 rings (SSSR count). The number of benzene rings is 1. The fourth-order valence-electron chi connectivity index (χ4n) is 3.89. The Morgan fingerprint density at radius 2 is 2.16 bits per heavy atom. The van der Waals surface area contributed by atoms with Crippen molar-refractivity contribution < 1.29 is 9.18 Å². The van der Waals surface area contributed by atoms with Gasteiger partial charge in [-0.2, -0.15) is 0 Å². The second kappa shape index (κ2) is 5.88. The molecule has 1 saturated heterocycles. The second-order valence-electron chi connectivity index (χ2n) is 6.65. The summed E-state index contributed by atoms with van der Waals surface area (Å²) in [6, 6.07) is 3.95. The molecule has 3 heterocycles. The third-order valence-corrected chi connectivity index (χ3v) is 5.49. The quantitative estimate of drug-likeness (QED) is 0.812. The van der Waals surface area contributed by atoms with Crippen LogP contribution < -0.4 is 10.9 Å². The molecule has 2 aromatic rings. The zero-order valence-corrected chi connectivity index (χ0v) is 14.4.